The maximum Gasteiger partial charge on any atom is 0.288 e. The van der Waals surface area contributed by atoms with Gasteiger partial charge in [0.05, 0.1) is 4.92 Å². The second-order valence-corrected chi connectivity index (χ2v) is 7.15. The molecular weight excluding hydrogens is 398 g/mol. The summed E-state index contributed by atoms with van der Waals surface area (Å²) in [5.74, 6) is -1.52. The lowest BCUT2D eigenvalue weighted by molar-refractivity contribution is -0.384. The molecule has 1 atom stereocenters. The van der Waals surface area contributed by atoms with Gasteiger partial charge in [0, 0.05) is 22.9 Å². The summed E-state index contributed by atoms with van der Waals surface area (Å²) in [4.78, 5) is 47.1. The maximum absolute atomic E-state index is 12.7. The van der Waals surface area contributed by atoms with Crippen LogP contribution in [0.2, 0.25) is 5.02 Å². The molecule has 8 nitrogen and oxygen atoms in total. The van der Waals surface area contributed by atoms with Gasteiger partial charge in [0.25, 0.3) is 11.6 Å². The zero-order chi connectivity index (χ0) is 21.7. The lowest BCUT2D eigenvalue weighted by Gasteiger charge is -2.22. The summed E-state index contributed by atoms with van der Waals surface area (Å²) >= 11 is 5.77. The summed E-state index contributed by atoms with van der Waals surface area (Å²) < 4.78 is 0. The first-order valence-corrected chi connectivity index (χ1v) is 9.14. The Labute approximate surface area is 172 Å². The minimum absolute atomic E-state index is 0.0122. The number of Topliss-reactive ketones (excluding diaryl/α,β-unsaturated/α-hetero) is 1. The third-order valence-corrected chi connectivity index (χ3v) is 4.50. The van der Waals surface area contributed by atoms with E-state index in [-0.39, 0.29) is 22.3 Å². The normalized spacial score (nSPS) is 11.6. The second kappa shape index (κ2) is 9.29. The van der Waals surface area contributed by atoms with Gasteiger partial charge in [-0.1, -0.05) is 37.6 Å². The Hall–Kier alpha value is -3.26. The number of amides is 2. The minimum atomic E-state index is -0.904. The van der Waals surface area contributed by atoms with Crippen LogP contribution in [0.5, 0.6) is 0 Å². The summed E-state index contributed by atoms with van der Waals surface area (Å²) in [6, 6.07) is 9.20. The number of hydrogen-bond acceptors (Lipinski definition) is 5. The fourth-order valence-corrected chi connectivity index (χ4v) is 2.78. The van der Waals surface area contributed by atoms with Gasteiger partial charge < -0.3 is 10.6 Å². The van der Waals surface area contributed by atoms with Crippen molar-refractivity contribution in [3.8, 4) is 0 Å². The molecule has 2 aromatic carbocycles. The highest BCUT2D eigenvalue weighted by Crippen LogP contribution is 2.25. The van der Waals surface area contributed by atoms with Gasteiger partial charge in [-0.25, -0.2) is 0 Å². The molecule has 0 saturated heterocycles. The molecule has 0 aromatic heterocycles. The van der Waals surface area contributed by atoms with Crippen LogP contribution in [-0.2, 0) is 4.79 Å². The van der Waals surface area contributed by atoms with E-state index in [0.717, 1.165) is 6.07 Å². The Bertz CT molecular complexity index is 974. The van der Waals surface area contributed by atoms with Gasteiger partial charge in [-0.3, -0.25) is 24.5 Å². The number of carbonyl (C=O) groups is 3. The molecule has 0 aliphatic carbocycles. The van der Waals surface area contributed by atoms with E-state index >= 15 is 0 Å². The first-order chi connectivity index (χ1) is 13.6. The molecule has 2 N–H and O–H groups in total. The molecular formula is C20H20ClN3O5. The number of nitrogens with one attached hydrogen (secondary N) is 2. The quantitative estimate of drug-likeness (QED) is 0.403. The van der Waals surface area contributed by atoms with Gasteiger partial charge in [0.2, 0.25) is 5.91 Å². The van der Waals surface area contributed by atoms with Crippen molar-refractivity contribution in [2.75, 3.05) is 5.32 Å². The van der Waals surface area contributed by atoms with Crippen LogP contribution < -0.4 is 10.6 Å². The van der Waals surface area contributed by atoms with E-state index < -0.39 is 28.5 Å². The number of benzene rings is 2. The molecule has 0 spiro atoms. The average molecular weight is 418 g/mol. The molecule has 0 fully saturated rings. The van der Waals surface area contributed by atoms with Gasteiger partial charge in [0.1, 0.15) is 11.1 Å². The molecule has 0 aliphatic rings. The molecule has 0 aliphatic heterocycles. The van der Waals surface area contributed by atoms with Gasteiger partial charge in [-0.2, -0.15) is 0 Å². The third-order valence-electron chi connectivity index (χ3n) is 4.18. The predicted molar refractivity (Wildman–Crippen MR) is 109 cm³/mol. The Morgan fingerprint density at radius 2 is 1.76 bits per heavy atom. The topological polar surface area (TPSA) is 118 Å². The number of nitro benzene ring substituents is 1. The van der Waals surface area contributed by atoms with E-state index in [0.29, 0.717) is 11.3 Å². The fraction of sp³-hybridized carbons (Fsp3) is 0.250. The summed E-state index contributed by atoms with van der Waals surface area (Å²) in [6.07, 6.45) is 0. The van der Waals surface area contributed by atoms with Crippen LogP contribution in [-0.4, -0.2) is 28.6 Å². The summed E-state index contributed by atoms with van der Waals surface area (Å²) in [6.45, 7) is 4.92. The van der Waals surface area contributed by atoms with Gasteiger partial charge >= 0.3 is 0 Å². The molecule has 29 heavy (non-hydrogen) atoms. The van der Waals surface area contributed by atoms with Gasteiger partial charge in [0.15, 0.2) is 5.78 Å². The Morgan fingerprint density at radius 3 is 2.34 bits per heavy atom. The first-order valence-electron chi connectivity index (χ1n) is 8.76. The number of hydrogen-bond donors (Lipinski definition) is 2. The Morgan fingerprint density at radius 1 is 1.07 bits per heavy atom. The van der Waals surface area contributed by atoms with E-state index in [4.69, 9.17) is 11.6 Å². The van der Waals surface area contributed by atoms with Crippen LogP contribution in [0.25, 0.3) is 0 Å². The number of carbonyl (C=O) groups excluding carboxylic acids is 3. The fourth-order valence-electron chi connectivity index (χ4n) is 2.59. The standard InChI is InChI=1S/C20H20ClN3O5/c1-11(2)18(20(27)22-15-6-4-5-13(9-15)12(3)25)23-19(26)14-7-8-16(21)17(10-14)24(28)29/h4-11,18H,1-3H3,(H,22,27)(H,23,26)/t18-/m0/s1. The highest BCUT2D eigenvalue weighted by molar-refractivity contribution is 6.32. The van der Waals surface area contributed by atoms with E-state index in [2.05, 4.69) is 10.6 Å². The van der Waals surface area contributed by atoms with E-state index in [9.17, 15) is 24.5 Å². The maximum atomic E-state index is 12.7. The number of nitrogens with zero attached hydrogens (tertiary/aromatic N) is 1. The number of anilines is 1. The number of halogens is 1. The van der Waals surface area contributed by atoms with Crippen molar-refractivity contribution in [3.63, 3.8) is 0 Å². The molecule has 2 aromatic rings. The molecule has 0 saturated carbocycles. The lowest BCUT2D eigenvalue weighted by Crippen LogP contribution is -2.47. The van der Waals surface area contributed by atoms with Crippen LogP contribution >= 0.6 is 11.6 Å². The van der Waals surface area contributed by atoms with Crippen LogP contribution in [0.3, 0.4) is 0 Å². The minimum Gasteiger partial charge on any atom is -0.340 e. The number of ketones is 1. The molecule has 9 heteroatoms. The monoisotopic (exact) mass is 417 g/mol. The van der Waals surface area contributed by atoms with Crippen LogP contribution in [0, 0.1) is 16.0 Å². The Balaban J connectivity index is 2.19. The van der Waals surface area contributed by atoms with Gasteiger partial charge in [-0.05, 0) is 37.1 Å². The molecule has 2 amide bonds. The summed E-state index contributed by atoms with van der Waals surface area (Å²) in [7, 11) is 0. The van der Waals surface area contributed by atoms with Gasteiger partial charge in [-0.15, -0.1) is 0 Å². The van der Waals surface area contributed by atoms with Crippen LogP contribution in [0.4, 0.5) is 11.4 Å². The van der Waals surface area contributed by atoms with E-state index in [1.807, 2.05) is 0 Å². The van der Waals surface area contributed by atoms with Crippen LogP contribution in [0.1, 0.15) is 41.5 Å². The summed E-state index contributed by atoms with van der Waals surface area (Å²) in [5, 5.41) is 16.2. The molecule has 0 bridgehead atoms. The first kappa shape index (κ1) is 22.0. The highest BCUT2D eigenvalue weighted by atomic mass is 35.5. The van der Waals surface area contributed by atoms with Crippen molar-refractivity contribution in [1.29, 1.82) is 0 Å². The summed E-state index contributed by atoms with van der Waals surface area (Å²) in [5.41, 5.74) is 0.482. The van der Waals surface area contributed by atoms with Crippen LogP contribution in [0.15, 0.2) is 42.5 Å². The lowest BCUT2D eigenvalue weighted by atomic mass is 10.0. The van der Waals surface area contributed by atoms with E-state index in [1.165, 1.54) is 19.1 Å². The largest absolute Gasteiger partial charge is 0.340 e. The van der Waals surface area contributed by atoms with Crippen molar-refractivity contribution >= 4 is 40.6 Å². The Kier molecular flexibility index (Phi) is 7.06. The predicted octanol–water partition coefficient (Wildman–Crippen LogP) is 3.84. The SMILES string of the molecule is CC(=O)c1cccc(NC(=O)[C@@H](NC(=O)c2ccc(Cl)c([N+](=O)[O-])c2)C(C)C)c1. The molecule has 0 heterocycles. The molecule has 152 valence electrons. The zero-order valence-electron chi connectivity index (χ0n) is 16.1. The smallest absolute Gasteiger partial charge is 0.288 e. The van der Waals surface area contributed by atoms with Crippen molar-refractivity contribution in [1.82, 2.24) is 5.32 Å². The second-order valence-electron chi connectivity index (χ2n) is 6.74. The van der Waals surface area contributed by atoms with Crippen molar-refractivity contribution in [2.45, 2.75) is 26.8 Å². The van der Waals surface area contributed by atoms with Crippen molar-refractivity contribution < 1.29 is 19.3 Å². The average Bonchev–Trinajstić information content (AvgIpc) is 2.65. The highest BCUT2D eigenvalue weighted by Gasteiger charge is 2.26. The zero-order valence-corrected chi connectivity index (χ0v) is 16.8. The molecule has 0 radical (unpaired) electrons. The van der Waals surface area contributed by atoms with Crippen molar-refractivity contribution in [2.24, 2.45) is 5.92 Å². The third kappa shape index (κ3) is 5.61. The molecule has 0 unspecified atom stereocenters. The number of nitro groups is 1. The van der Waals surface area contributed by atoms with Crippen molar-refractivity contribution in [3.05, 3.63) is 68.7 Å². The number of rotatable bonds is 7. The molecule has 2 rings (SSSR count). The van der Waals surface area contributed by atoms with E-state index in [1.54, 1.807) is 38.1 Å².